The summed E-state index contributed by atoms with van der Waals surface area (Å²) < 4.78 is 37.4. The monoisotopic (exact) mass is 429 g/mol. The molecule has 0 aromatic heterocycles. The lowest BCUT2D eigenvalue weighted by Crippen LogP contribution is -2.18. The Labute approximate surface area is 185 Å². The fourth-order valence-electron chi connectivity index (χ4n) is 4.14. The Balaban J connectivity index is 1.67. The maximum absolute atomic E-state index is 13.1. The van der Waals surface area contributed by atoms with Gasteiger partial charge in [0.25, 0.3) is 0 Å². The van der Waals surface area contributed by atoms with Crippen LogP contribution >= 0.6 is 0 Å². The molecule has 1 unspecified atom stereocenters. The first-order valence-corrected chi connectivity index (χ1v) is 10.3. The van der Waals surface area contributed by atoms with Crippen LogP contribution in [0.5, 0.6) is 11.5 Å². The normalized spacial score (nSPS) is 14.3. The lowest BCUT2D eigenvalue weighted by Gasteiger charge is -2.31. The number of fused-ring (bicyclic) bond motifs is 3. The van der Waals surface area contributed by atoms with Gasteiger partial charge in [0.15, 0.2) is 0 Å². The van der Waals surface area contributed by atoms with Crippen molar-refractivity contribution in [3.8, 4) is 22.6 Å². The van der Waals surface area contributed by atoms with Crippen molar-refractivity contribution >= 4 is 11.4 Å². The van der Waals surface area contributed by atoms with Crippen molar-refractivity contribution in [3.63, 3.8) is 0 Å². The topological polar surface area (TPSA) is 21.7 Å². The molecule has 1 aliphatic rings. The number of para-hydroxylation sites is 1. The molecule has 32 heavy (non-hydrogen) atoms. The van der Waals surface area contributed by atoms with Gasteiger partial charge >= 0.3 is 6.61 Å². The van der Waals surface area contributed by atoms with E-state index in [1.165, 1.54) is 0 Å². The van der Waals surface area contributed by atoms with Crippen molar-refractivity contribution in [2.45, 2.75) is 12.7 Å². The van der Waals surface area contributed by atoms with Crippen LogP contribution in [0.25, 0.3) is 11.1 Å². The molecule has 0 amide bonds. The van der Waals surface area contributed by atoms with Gasteiger partial charge in [-0.05, 0) is 47.5 Å². The highest BCUT2D eigenvalue weighted by Gasteiger charge is 2.31. The summed E-state index contributed by atoms with van der Waals surface area (Å²) in [5, 5.41) is 0. The molecule has 1 aliphatic heterocycles. The summed E-state index contributed by atoms with van der Waals surface area (Å²) in [4.78, 5) is 2.08. The van der Waals surface area contributed by atoms with E-state index in [4.69, 9.17) is 9.47 Å². The highest BCUT2D eigenvalue weighted by molar-refractivity contribution is 5.83. The third-order valence-corrected chi connectivity index (χ3v) is 5.67. The van der Waals surface area contributed by atoms with Gasteiger partial charge in [0.1, 0.15) is 17.6 Å². The summed E-state index contributed by atoms with van der Waals surface area (Å²) in [6.45, 7) is -2.92. The predicted octanol–water partition coefficient (Wildman–Crippen LogP) is 7.20. The van der Waals surface area contributed by atoms with E-state index in [1.54, 1.807) is 18.2 Å². The zero-order valence-electron chi connectivity index (χ0n) is 17.4. The van der Waals surface area contributed by atoms with Gasteiger partial charge < -0.3 is 14.4 Å². The average molecular weight is 429 g/mol. The molecule has 3 nitrogen and oxygen atoms in total. The van der Waals surface area contributed by atoms with E-state index < -0.39 is 6.61 Å². The zero-order valence-corrected chi connectivity index (χ0v) is 17.4. The number of anilines is 2. The van der Waals surface area contributed by atoms with Gasteiger partial charge in [0.2, 0.25) is 0 Å². The highest BCUT2D eigenvalue weighted by atomic mass is 19.3. The molecule has 0 spiro atoms. The van der Waals surface area contributed by atoms with Crippen LogP contribution < -0.4 is 14.4 Å². The molecule has 0 bridgehead atoms. The fraction of sp³-hybridized carbons (Fsp3) is 0.111. The van der Waals surface area contributed by atoms with Gasteiger partial charge in [-0.3, -0.25) is 0 Å². The molecule has 4 aromatic carbocycles. The van der Waals surface area contributed by atoms with Crippen LogP contribution in [-0.2, 0) is 0 Å². The molecule has 1 heterocycles. The third kappa shape index (κ3) is 3.66. The minimum Gasteiger partial charge on any atom is -0.480 e. The number of alkyl halides is 2. The number of halogens is 2. The summed E-state index contributed by atoms with van der Waals surface area (Å²) in [5.41, 5.74) is 5.26. The molecular weight excluding hydrogens is 408 g/mol. The smallest absolute Gasteiger partial charge is 0.387 e. The first kappa shape index (κ1) is 20.1. The van der Waals surface area contributed by atoms with E-state index in [0.717, 1.165) is 28.1 Å². The quantitative estimate of drug-likeness (QED) is 0.335. The Morgan fingerprint density at radius 2 is 1.53 bits per heavy atom. The van der Waals surface area contributed by atoms with Gasteiger partial charge in [-0.2, -0.15) is 8.78 Å². The Hall–Kier alpha value is -3.86. The van der Waals surface area contributed by atoms with E-state index in [-0.39, 0.29) is 11.9 Å². The molecule has 0 saturated carbocycles. The second-order valence-corrected chi connectivity index (χ2v) is 7.58. The van der Waals surface area contributed by atoms with E-state index >= 15 is 0 Å². The summed E-state index contributed by atoms with van der Waals surface area (Å²) in [6, 6.07) is 30.9. The minimum atomic E-state index is -2.92. The molecule has 5 rings (SSSR count). The third-order valence-electron chi connectivity index (χ3n) is 5.67. The Morgan fingerprint density at radius 3 is 2.25 bits per heavy atom. The average Bonchev–Trinajstić information content (AvgIpc) is 2.83. The van der Waals surface area contributed by atoms with Crippen molar-refractivity contribution < 1.29 is 18.3 Å². The van der Waals surface area contributed by atoms with Gasteiger partial charge in [-0.25, -0.2) is 0 Å². The van der Waals surface area contributed by atoms with Crippen molar-refractivity contribution in [2.24, 2.45) is 0 Å². The number of rotatable bonds is 5. The maximum atomic E-state index is 13.1. The van der Waals surface area contributed by atoms with Crippen molar-refractivity contribution in [1.82, 2.24) is 0 Å². The number of hydrogen-bond acceptors (Lipinski definition) is 3. The minimum absolute atomic E-state index is 0.106. The van der Waals surface area contributed by atoms with Gasteiger partial charge in [0, 0.05) is 24.0 Å². The Bertz CT molecular complexity index is 1230. The first-order chi connectivity index (χ1) is 15.6. The molecule has 0 aliphatic carbocycles. The lowest BCUT2D eigenvalue weighted by molar-refractivity contribution is -0.0496. The molecule has 5 heteroatoms. The second-order valence-electron chi connectivity index (χ2n) is 7.58. The number of hydrogen-bond donors (Lipinski definition) is 0. The van der Waals surface area contributed by atoms with Crippen LogP contribution in [0, 0.1) is 0 Å². The Morgan fingerprint density at radius 1 is 0.812 bits per heavy atom. The van der Waals surface area contributed by atoms with Crippen molar-refractivity contribution in [3.05, 3.63) is 108 Å². The largest absolute Gasteiger partial charge is 0.480 e. The van der Waals surface area contributed by atoms with Gasteiger partial charge in [0.05, 0.1) is 5.56 Å². The SMILES string of the molecule is CN(c1ccccc1)c1ccc2c(c1)C(c1ccccc1)Oc1cccc(OC(F)F)c1-2. The predicted molar refractivity (Wildman–Crippen MR) is 122 cm³/mol. The number of nitrogens with zero attached hydrogens (tertiary/aromatic N) is 1. The van der Waals surface area contributed by atoms with Crippen LogP contribution in [0.4, 0.5) is 20.2 Å². The fourth-order valence-corrected chi connectivity index (χ4v) is 4.14. The highest BCUT2D eigenvalue weighted by Crippen LogP contribution is 2.50. The summed E-state index contributed by atoms with van der Waals surface area (Å²) in [6.07, 6.45) is -0.371. The first-order valence-electron chi connectivity index (χ1n) is 10.3. The molecule has 1 atom stereocenters. The van der Waals surface area contributed by atoms with Crippen LogP contribution in [0.2, 0.25) is 0 Å². The second kappa shape index (κ2) is 8.35. The maximum Gasteiger partial charge on any atom is 0.387 e. The van der Waals surface area contributed by atoms with Crippen LogP contribution in [0.3, 0.4) is 0 Å². The van der Waals surface area contributed by atoms with E-state index in [1.807, 2.05) is 79.8 Å². The summed E-state index contributed by atoms with van der Waals surface area (Å²) in [5.74, 6) is 0.628. The summed E-state index contributed by atoms with van der Waals surface area (Å²) in [7, 11) is 2.00. The van der Waals surface area contributed by atoms with Crippen LogP contribution in [-0.4, -0.2) is 13.7 Å². The molecule has 4 aromatic rings. The molecule has 0 saturated heterocycles. The molecule has 0 radical (unpaired) electrons. The van der Waals surface area contributed by atoms with Crippen molar-refractivity contribution in [2.75, 3.05) is 11.9 Å². The van der Waals surface area contributed by atoms with Crippen LogP contribution in [0.15, 0.2) is 97.1 Å². The molecule has 0 fully saturated rings. The number of ether oxygens (including phenoxy) is 2. The summed E-state index contributed by atoms with van der Waals surface area (Å²) >= 11 is 0. The van der Waals surface area contributed by atoms with Crippen LogP contribution in [0.1, 0.15) is 17.2 Å². The molecule has 160 valence electrons. The standard InChI is InChI=1S/C27H21F2NO2/c1-30(19-11-6-3-7-12-19)20-15-16-21-22(17-20)26(18-9-4-2-5-10-18)31-23-13-8-14-24(25(21)23)32-27(28)29/h2-17,26-27H,1H3. The van der Waals surface area contributed by atoms with Gasteiger partial charge in [-0.15, -0.1) is 0 Å². The van der Waals surface area contributed by atoms with E-state index in [0.29, 0.717) is 11.3 Å². The number of benzene rings is 4. The lowest BCUT2D eigenvalue weighted by atomic mass is 9.88. The Kier molecular flexibility index (Phi) is 5.23. The van der Waals surface area contributed by atoms with Gasteiger partial charge in [-0.1, -0.05) is 60.7 Å². The van der Waals surface area contributed by atoms with Crippen molar-refractivity contribution in [1.29, 1.82) is 0 Å². The van der Waals surface area contributed by atoms with E-state index in [2.05, 4.69) is 11.0 Å². The van der Waals surface area contributed by atoms with E-state index in [9.17, 15) is 8.78 Å². The molecular formula is C27H21F2NO2. The zero-order chi connectivity index (χ0) is 22.1. The molecule has 0 N–H and O–H groups in total.